The fraction of sp³-hybridized carbons (Fsp3) is 0.167. The van der Waals surface area contributed by atoms with E-state index in [1.807, 2.05) is 19.1 Å². The van der Waals surface area contributed by atoms with Crippen LogP contribution in [0.4, 0.5) is 17.3 Å². The molecule has 0 radical (unpaired) electrons. The number of halogens is 3. The molecule has 0 aliphatic heterocycles. The highest BCUT2D eigenvalue weighted by Crippen LogP contribution is 2.37. The minimum Gasteiger partial charge on any atom is -0.339 e. The Morgan fingerprint density at radius 1 is 1.10 bits per heavy atom. The predicted molar refractivity (Wildman–Crippen MR) is 86.8 cm³/mol. The average molecular weight is 377 g/mol. The number of hydrazine groups is 1. The first-order chi connectivity index (χ1) is 9.43. The van der Waals surface area contributed by atoms with Crippen LogP contribution in [-0.4, -0.2) is 9.97 Å². The monoisotopic (exact) mass is 375 g/mol. The fourth-order valence-electron chi connectivity index (χ4n) is 1.64. The molecule has 8 heteroatoms. The molecule has 106 valence electrons. The van der Waals surface area contributed by atoms with Gasteiger partial charge in [-0.1, -0.05) is 23.2 Å². The summed E-state index contributed by atoms with van der Waals surface area (Å²) >= 11 is 15.6. The van der Waals surface area contributed by atoms with Crippen molar-refractivity contribution in [2.75, 3.05) is 10.7 Å². The van der Waals surface area contributed by atoms with E-state index >= 15 is 0 Å². The van der Waals surface area contributed by atoms with E-state index in [4.69, 9.17) is 29.0 Å². The Morgan fingerprint density at radius 2 is 1.75 bits per heavy atom. The van der Waals surface area contributed by atoms with E-state index < -0.39 is 0 Å². The van der Waals surface area contributed by atoms with Gasteiger partial charge in [-0.3, -0.25) is 0 Å². The molecule has 1 heterocycles. The second-order valence-electron chi connectivity index (χ2n) is 4.09. The number of nitrogens with two attached hydrogens (primary N) is 1. The van der Waals surface area contributed by atoms with Gasteiger partial charge in [0, 0.05) is 10.0 Å². The minimum absolute atomic E-state index is 0.416. The zero-order chi connectivity index (χ0) is 14.9. The van der Waals surface area contributed by atoms with Crippen molar-refractivity contribution in [2.24, 2.45) is 5.84 Å². The van der Waals surface area contributed by atoms with E-state index in [1.165, 1.54) is 0 Å². The van der Waals surface area contributed by atoms with Crippen molar-refractivity contribution >= 4 is 56.5 Å². The first-order valence-corrected chi connectivity index (χ1v) is 7.21. The normalized spacial score (nSPS) is 10.5. The summed E-state index contributed by atoms with van der Waals surface area (Å²) in [5.74, 6) is 7.19. The molecule has 0 saturated carbocycles. The number of nitrogens with zero attached hydrogens (tertiary/aromatic N) is 2. The van der Waals surface area contributed by atoms with Gasteiger partial charge < -0.3 is 10.7 Å². The third-order valence-electron chi connectivity index (χ3n) is 2.68. The molecule has 20 heavy (non-hydrogen) atoms. The van der Waals surface area contributed by atoms with Crippen LogP contribution >= 0.6 is 39.1 Å². The maximum absolute atomic E-state index is 6.21. The number of benzene rings is 1. The number of hydrogen-bond acceptors (Lipinski definition) is 5. The summed E-state index contributed by atoms with van der Waals surface area (Å²) < 4.78 is 0.731. The Bertz CT molecular complexity index is 663. The maximum atomic E-state index is 6.21. The standard InChI is InChI=1S/C12H12BrCl2N5/c1-5-11(17-6(2)18-12(5)20-16)19-8-4-3-7(13)9(14)10(8)15/h3-4H,16H2,1-2H3,(H2,17,18,19,20). The minimum atomic E-state index is 0.416. The molecule has 1 aromatic heterocycles. The number of anilines is 3. The summed E-state index contributed by atoms with van der Waals surface area (Å²) in [6.07, 6.45) is 0. The Balaban J connectivity index is 2.45. The second-order valence-corrected chi connectivity index (χ2v) is 5.70. The number of rotatable bonds is 3. The number of nitrogens with one attached hydrogen (secondary N) is 2. The summed E-state index contributed by atoms with van der Waals surface area (Å²) in [7, 11) is 0. The van der Waals surface area contributed by atoms with Gasteiger partial charge in [0.1, 0.15) is 17.5 Å². The van der Waals surface area contributed by atoms with Crippen LogP contribution in [0.5, 0.6) is 0 Å². The highest BCUT2D eigenvalue weighted by Gasteiger charge is 2.12. The summed E-state index contributed by atoms with van der Waals surface area (Å²) in [5.41, 5.74) is 3.98. The molecule has 0 aliphatic rings. The number of aromatic nitrogens is 2. The van der Waals surface area contributed by atoms with Gasteiger partial charge in [-0.15, -0.1) is 0 Å². The van der Waals surface area contributed by atoms with Gasteiger partial charge >= 0.3 is 0 Å². The van der Waals surface area contributed by atoms with Crippen LogP contribution in [0.25, 0.3) is 0 Å². The van der Waals surface area contributed by atoms with Crippen LogP contribution in [0.15, 0.2) is 16.6 Å². The molecule has 0 spiro atoms. The predicted octanol–water partition coefficient (Wildman–Crippen LogP) is 4.19. The molecule has 4 N–H and O–H groups in total. The van der Waals surface area contributed by atoms with Crippen molar-refractivity contribution in [3.05, 3.63) is 38.0 Å². The van der Waals surface area contributed by atoms with Crippen molar-refractivity contribution in [1.29, 1.82) is 0 Å². The van der Waals surface area contributed by atoms with Crippen LogP contribution < -0.4 is 16.6 Å². The van der Waals surface area contributed by atoms with Gasteiger partial charge in [0.25, 0.3) is 0 Å². The summed E-state index contributed by atoms with van der Waals surface area (Å²) in [6, 6.07) is 3.62. The zero-order valence-corrected chi connectivity index (χ0v) is 13.9. The Morgan fingerprint density at radius 3 is 2.40 bits per heavy atom. The molecular weight excluding hydrogens is 365 g/mol. The van der Waals surface area contributed by atoms with E-state index in [0.717, 1.165) is 10.0 Å². The lowest BCUT2D eigenvalue weighted by Gasteiger charge is -2.14. The van der Waals surface area contributed by atoms with Crippen molar-refractivity contribution in [3.8, 4) is 0 Å². The van der Waals surface area contributed by atoms with Gasteiger partial charge in [0.2, 0.25) is 0 Å². The van der Waals surface area contributed by atoms with Gasteiger partial charge in [-0.25, -0.2) is 15.8 Å². The van der Waals surface area contributed by atoms with Crippen molar-refractivity contribution in [2.45, 2.75) is 13.8 Å². The van der Waals surface area contributed by atoms with Crippen molar-refractivity contribution < 1.29 is 0 Å². The van der Waals surface area contributed by atoms with Crippen LogP contribution in [0, 0.1) is 13.8 Å². The Hall–Kier alpha value is -1.08. The quantitative estimate of drug-likeness (QED) is 0.425. The van der Waals surface area contributed by atoms with E-state index in [0.29, 0.717) is 33.2 Å². The third kappa shape index (κ3) is 2.98. The first-order valence-electron chi connectivity index (χ1n) is 5.66. The molecule has 0 saturated heterocycles. The van der Waals surface area contributed by atoms with Crippen LogP contribution in [0.3, 0.4) is 0 Å². The second kappa shape index (κ2) is 6.13. The van der Waals surface area contributed by atoms with Crippen LogP contribution in [0.2, 0.25) is 10.0 Å². The molecular formula is C12H12BrCl2N5. The smallest absolute Gasteiger partial charge is 0.148 e. The summed E-state index contributed by atoms with van der Waals surface area (Å²) in [5, 5.41) is 4.00. The molecule has 0 bridgehead atoms. The van der Waals surface area contributed by atoms with Crippen LogP contribution in [0.1, 0.15) is 11.4 Å². The molecule has 2 rings (SSSR count). The third-order valence-corrected chi connectivity index (χ3v) is 4.45. The molecule has 1 aromatic carbocycles. The van der Waals surface area contributed by atoms with Gasteiger partial charge in [-0.05, 0) is 41.9 Å². The summed E-state index contributed by atoms with van der Waals surface area (Å²) in [4.78, 5) is 8.53. The van der Waals surface area contributed by atoms with Gasteiger partial charge in [0.15, 0.2) is 0 Å². The number of hydrogen-bond donors (Lipinski definition) is 3. The highest BCUT2D eigenvalue weighted by atomic mass is 79.9. The fourth-order valence-corrected chi connectivity index (χ4v) is 2.46. The largest absolute Gasteiger partial charge is 0.339 e. The maximum Gasteiger partial charge on any atom is 0.148 e. The molecule has 2 aromatic rings. The molecule has 0 fully saturated rings. The lowest BCUT2D eigenvalue weighted by Crippen LogP contribution is -2.13. The van der Waals surface area contributed by atoms with Gasteiger partial charge in [0.05, 0.1) is 15.7 Å². The number of aryl methyl sites for hydroxylation is 1. The van der Waals surface area contributed by atoms with Crippen molar-refractivity contribution in [3.63, 3.8) is 0 Å². The lowest BCUT2D eigenvalue weighted by atomic mass is 10.2. The Kier molecular flexibility index (Phi) is 4.70. The molecule has 5 nitrogen and oxygen atoms in total. The van der Waals surface area contributed by atoms with E-state index in [2.05, 4.69) is 36.6 Å². The van der Waals surface area contributed by atoms with E-state index in [-0.39, 0.29) is 0 Å². The van der Waals surface area contributed by atoms with E-state index in [1.54, 1.807) is 6.92 Å². The molecule has 0 unspecified atom stereocenters. The van der Waals surface area contributed by atoms with E-state index in [9.17, 15) is 0 Å². The Labute approximate surface area is 135 Å². The number of nitrogen functional groups attached to an aromatic ring is 1. The first kappa shape index (κ1) is 15.3. The van der Waals surface area contributed by atoms with Crippen LogP contribution in [-0.2, 0) is 0 Å². The van der Waals surface area contributed by atoms with Crippen molar-refractivity contribution in [1.82, 2.24) is 9.97 Å². The summed E-state index contributed by atoms with van der Waals surface area (Å²) in [6.45, 7) is 3.63. The molecule has 0 aliphatic carbocycles. The molecule has 0 atom stereocenters. The topological polar surface area (TPSA) is 75.9 Å². The average Bonchev–Trinajstić information content (AvgIpc) is 2.42. The lowest BCUT2D eigenvalue weighted by molar-refractivity contribution is 1.03. The highest BCUT2D eigenvalue weighted by molar-refractivity contribution is 9.10. The SMILES string of the molecule is Cc1nc(NN)c(C)c(Nc2ccc(Br)c(Cl)c2Cl)n1. The molecule has 0 amide bonds. The zero-order valence-electron chi connectivity index (χ0n) is 10.8. The van der Waals surface area contributed by atoms with Gasteiger partial charge in [-0.2, -0.15) is 0 Å².